The van der Waals surface area contributed by atoms with Crippen LogP contribution in [0.3, 0.4) is 0 Å². The molecule has 3 rings (SSSR count). The topological polar surface area (TPSA) is 58.5 Å². The molecule has 5 heteroatoms. The Kier molecular flexibility index (Phi) is 3.88. The molecule has 1 N–H and O–H groups in total. The number of hydrogen-bond acceptors (Lipinski definition) is 5. The first-order valence-corrected chi connectivity index (χ1v) is 7.86. The van der Waals surface area contributed by atoms with Crippen molar-refractivity contribution in [1.82, 2.24) is 9.97 Å². The number of rotatable bonds is 2. The molecule has 0 unspecified atom stereocenters. The molecule has 3 atom stereocenters. The summed E-state index contributed by atoms with van der Waals surface area (Å²) < 4.78 is 5.63. The highest BCUT2D eigenvalue weighted by Crippen LogP contribution is 2.37. The predicted molar refractivity (Wildman–Crippen MR) is 81.4 cm³/mol. The Labute approximate surface area is 126 Å². The molecule has 21 heavy (non-hydrogen) atoms. The van der Waals surface area contributed by atoms with Gasteiger partial charge in [-0.15, -0.1) is 0 Å². The zero-order valence-electron chi connectivity index (χ0n) is 13.2. The maximum absolute atomic E-state index is 10.7. The van der Waals surface area contributed by atoms with Gasteiger partial charge in [0, 0.05) is 36.5 Å². The van der Waals surface area contributed by atoms with E-state index in [1.54, 1.807) is 0 Å². The summed E-state index contributed by atoms with van der Waals surface area (Å²) in [4.78, 5) is 11.5. The van der Waals surface area contributed by atoms with E-state index in [0.29, 0.717) is 19.6 Å². The molecule has 0 spiro atoms. The molecule has 0 saturated carbocycles. The lowest BCUT2D eigenvalue weighted by Crippen LogP contribution is -2.53. The summed E-state index contributed by atoms with van der Waals surface area (Å²) in [6.07, 6.45) is 2.89. The zero-order chi connectivity index (χ0) is 15.0. The van der Waals surface area contributed by atoms with Crippen LogP contribution < -0.4 is 4.90 Å². The third-order valence-electron chi connectivity index (χ3n) is 4.84. The fourth-order valence-electron chi connectivity index (χ4n) is 3.67. The van der Waals surface area contributed by atoms with Gasteiger partial charge in [0.1, 0.15) is 0 Å². The Morgan fingerprint density at radius 2 is 2.05 bits per heavy atom. The molecular formula is C16H25N3O2. The summed E-state index contributed by atoms with van der Waals surface area (Å²) in [5, 5.41) is 10.7. The maximum atomic E-state index is 10.7. The Morgan fingerprint density at radius 3 is 2.71 bits per heavy atom. The van der Waals surface area contributed by atoms with E-state index in [9.17, 15) is 5.11 Å². The smallest absolute Gasteiger partial charge is 0.226 e. The molecular weight excluding hydrogens is 266 g/mol. The molecule has 1 aromatic heterocycles. The third kappa shape index (κ3) is 2.90. The lowest BCUT2D eigenvalue weighted by molar-refractivity contribution is -0.108. The van der Waals surface area contributed by atoms with E-state index in [-0.39, 0.29) is 12.0 Å². The second-order valence-electron chi connectivity index (χ2n) is 6.64. The molecule has 2 aliphatic rings. The summed E-state index contributed by atoms with van der Waals surface area (Å²) >= 11 is 0. The van der Waals surface area contributed by atoms with Gasteiger partial charge >= 0.3 is 0 Å². The first-order valence-electron chi connectivity index (χ1n) is 7.86. The van der Waals surface area contributed by atoms with Crippen LogP contribution in [0, 0.1) is 19.8 Å². The quantitative estimate of drug-likeness (QED) is 0.901. The van der Waals surface area contributed by atoms with E-state index in [2.05, 4.69) is 14.9 Å². The van der Waals surface area contributed by atoms with Gasteiger partial charge in [0.2, 0.25) is 5.95 Å². The fourth-order valence-corrected chi connectivity index (χ4v) is 3.67. The average Bonchev–Trinajstić information content (AvgIpc) is 2.86. The van der Waals surface area contributed by atoms with Crippen molar-refractivity contribution in [3.8, 4) is 0 Å². The lowest BCUT2D eigenvalue weighted by atomic mass is 9.79. The molecule has 0 amide bonds. The fraction of sp³-hybridized carbons (Fsp3) is 0.750. The van der Waals surface area contributed by atoms with Crippen molar-refractivity contribution >= 4 is 5.95 Å². The van der Waals surface area contributed by atoms with Gasteiger partial charge in [0.25, 0.3) is 0 Å². The van der Waals surface area contributed by atoms with Crippen molar-refractivity contribution in [2.75, 3.05) is 24.7 Å². The molecule has 2 aliphatic heterocycles. The van der Waals surface area contributed by atoms with Gasteiger partial charge in [-0.25, -0.2) is 9.97 Å². The molecule has 2 saturated heterocycles. The Bertz CT molecular complexity index is 498. The normalized spacial score (nSPS) is 33.4. The third-order valence-corrected chi connectivity index (χ3v) is 4.84. The van der Waals surface area contributed by atoms with Crippen LogP contribution in [-0.4, -0.2) is 46.5 Å². The molecule has 0 aliphatic carbocycles. The van der Waals surface area contributed by atoms with Gasteiger partial charge < -0.3 is 14.7 Å². The summed E-state index contributed by atoms with van der Waals surface area (Å²) in [5.41, 5.74) is 1.33. The van der Waals surface area contributed by atoms with Crippen LogP contribution in [0.1, 0.15) is 37.6 Å². The van der Waals surface area contributed by atoms with Crippen molar-refractivity contribution in [3.63, 3.8) is 0 Å². The average molecular weight is 291 g/mol. The monoisotopic (exact) mass is 291 g/mol. The second-order valence-corrected chi connectivity index (χ2v) is 6.64. The van der Waals surface area contributed by atoms with Crippen LogP contribution >= 0.6 is 0 Å². The highest BCUT2D eigenvalue weighted by Gasteiger charge is 2.44. The summed E-state index contributed by atoms with van der Waals surface area (Å²) in [5.74, 6) is 0.926. The first-order chi connectivity index (χ1) is 9.97. The molecule has 0 bridgehead atoms. The minimum absolute atomic E-state index is 0.123. The van der Waals surface area contributed by atoms with Crippen LogP contribution in [0.5, 0.6) is 0 Å². The molecule has 5 nitrogen and oxygen atoms in total. The van der Waals surface area contributed by atoms with Gasteiger partial charge in [-0.05, 0) is 46.1 Å². The van der Waals surface area contributed by atoms with Crippen LogP contribution in [-0.2, 0) is 4.74 Å². The number of aliphatic hydroxyl groups is 1. The van der Waals surface area contributed by atoms with Crippen molar-refractivity contribution < 1.29 is 9.84 Å². The second kappa shape index (κ2) is 5.54. The molecule has 1 aromatic rings. The minimum atomic E-state index is -0.662. The molecule has 2 fully saturated rings. The Morgan fingerprint density at radius 1 is 1.33 bits per heavy atom. The maximum Gasteiger partial charge on any atom is 0.226 e. The number of aryl methyl sites for hydroxylation is 2. The zero-order valence-corrected chi connectivity index (χ0v) is 13.2. The number of ether oxygens (including phenoxy) is 1. The summed E-state index contributed by atoms with van der Waals surface area (Å²) in [7, 11) is 0. The van der Waals surface area contributed by atoms with Crippen LogP contribution in [0.2, 0.25) is 0 Å². The van der Waals surface area contributed by atoms with E-state index in [4.69, 9.17) is 4.74 Å². The number of aromatic nitrogens is 2. The largest absolute Gasteiger partial charge is 0.390 e. The van der Waals surface area contributed by atoms with Crippen molar-refractivity contribution in [1.29, 1.82) is 0 Å². The number of anilines is 1. The predicted octanol–water partition coefficient (Wildman–Crippen LogP) is 1.85. The molecule has 116 valence electrons. The molecule has 3 heterocycles. The molecule has 0 aromatic carbocycles. The van der Waals surface area contributed by atoms with E-state index in [1.165, 1.54) is 0 Å². The Balaban J connectivity index is 1.88. The highest BCUT2D eigenvalue weighted by atomic mass is 16.5. The molecule has 0 radical (unpaired) electrons. The van der Waals surface area contributed by atoms with Crippen molar-refractivity contribution in [3.05, 3.63) is 17.5 Å². The Hall–Kier alpha value is -1.20. The first kappa shape index (κ1) is 14.7. The summed E-state index contributed by atoms with van der Waals surface area (Å²) in [6.45, 7) is 8.18. The van der Waals surface area contributed by atoms with E-state index in [0.717, 1.165) is 36.7 Å². The van der Waals surface area contributed by atoms with Crippen molar-refractivity contribution in [2.24, 2.45) is 5.92 Å². The van der Waals surface area contributed by atoms with Crippen LogP contribution in [0.4, 0.5) is 5.95 Å². The van der Waals surface area contributed by atoms with Crippen LogP contribution in [0.15, 0.2) is 6.07 Å². The van der Waals surface area contributed by atoms with E-state index >= 15 is 0 Å². The van der Waals surface area contributed by atoms with Gasteiger partial charge in [0.05, 0.1) is 12.2 Å². The van der Waals surface area contributed by atoms with E-state index < -0.39 is 5.60 Å². The number of nitrogens with zero attached hydrogens (tertiary/aromatic N) is 3. The van der Waals surface area contributed by atoms with Gasteiger partial charge in [-0.3, -0.25) is 0 Å². The van der Waals surface area contributed by atoms with E-state index in [1.807, 2.05) is 26.8 Å². The van der Waals surface area contributed by atoms with Crippen LogP contribution in [0.25, 0.3) is 0 Å². The SMILES string of the molecule is Cc1cc(C)nc(N2CCC[C@@H]2[C@H]2COCC[C@@]2(C)O)n1. The van der Waals surface area contributed by atoms with Gasteiger partial charge in [-0.2, -0.15) is 0 Å². The van der Waals surface area contributed by atoms with Gasteiger partial charge in [-0.1, -0.05) is 0 Å². The van der Waals surface area contributed by atoms with Crippen molar-refractivity contribution in [2.45, 2.75) is 51.7 Å². The summed E-state index contributed by atoms with van der Waals surface area (Å²) in [6, 6.07) is 2.26. The number of hydrogen-bond donors (Lipinski definition) is 1. The lowest BCUT2D eigenvalue weighted by Gasteiger charge is -2.43. The highest BCUT2D eigenvalue weighted by molar-refractivity contribution is 5.36. The van der Waals surface area contributed by atoms with Gasteiger partial charge in [0.15, 0.2) is 0 Å². The minimum Gasteiger partial charge on any atom is -0.390 e. The standard InChI is InChI=1S/C16H25N3O2/c1-11-9-12(2)18-15(17-11)19-7-4-5-14(19)13-10-21-8-6-16(13,3)20/h9,13-14,20H,4-8,10H2,1-3H3/t13-,14-,16-/m1/s1.